The van der Waals surface area contributed by atoms with Gasteiger partial charge in [0.2, 0.25) is 0 Å². The average Bonchev–Trinajstić information content (AvgIpc) is 2.32. The van der Waals surface area contributed by atoms with E-state index in [-0.39, 0.29) is 5.54 Å². The Bertz CT molecular complexity index is 419. The summed E-state index contributed by atoms with van der Waals surface area (Å²) in [6.45, 7) is 7.13. The maximum Gasteiger partial charge on any atom is 0.0426 e. The van der Waals surface area contributed by atoms with Crippen LogP contribution in [0.25, 0.3) is 0 Å². The number of hydrogen-bond acceptors (Lipinski definition) is 3. The molecule has 0 aromatic heterocycles. The predicted molar refractivity (Wildman–Crippen MR) is 78.3 cm³/mol. The van der Waals surface area contributed by atoms with Crippen LogP contribution >= 0.6 is 11.6 Å². The van der Waals surface area contributed by atoms with Crippen molar-refractivity contribution in [3.8, 4) is 0 Å². The molecular weight excluding hydrogens is 246 g/mol. The number of halogens is 1. The largest absolute Gasteiger partial charge is 0.368 e. The van der Waals surface area contributed by atoms with E-state index in [0.717, 1.165) is 18.1 Å². The Hall–Kier alpha value is -0.770. The molecule has 0 aliphatic carbocycles. The summed E-state index contributed by atoms with van der Waals surface area (Å²) < 4.78 is 0. The van der Waals surface area contributed by atoms with E-state index in [1.807, 2.05) is 18.2 Å². The number of likely N-dealkylation sites (N-methyl/N-ethyl adjacent to an activating group) is 1. The first-order valence-electron chi connectivity index (χ1n) is 6.37. The summed E-state index contributed by atoms with van der Waals surface area (Å²) in [5, 5.41) is 0.786. The van der Waals surface area contributed by atoms with Crippen LogP contribution in [-0.2, 0) is 0 Å². The maximum absolute atomic E-state index is 6.07. The van der Waals surface area contributed by atoms with Crippen molar-refractivity contribution in [1.29, 1.82) is 0 Å². The molecule has 4 heteroatoms. The third-order valence-electron chi connectivity index (χ3n) is 3.96. The average molecular weight is 268 g/mol. The van der Waals surface area contributed by atoms with Gasteiger partial charge in [0.25, 0.3) is 0 Å². The van der Waals surface area contributed by atoms with E-state index >= 15 is 0 Å². The molecule has 1 aliphatic rings. The van der Waals surface area contributed by atoms with Gasteiger partial charge in [0.05, 0.1) is 0 Å². The van der Waals surface area contributed by atoms with E-state index in [4.69, 9.17) is 17.3 Å². The van der Waals surface area contributed by atoms with Crippen LogP contribution in [0.5, 0.6) is 0 Å². The molecular formula is C14H22ClN3. The van der Waals surface area contributed by atoms with Gasteiger partial charge >= 0.3 is 0 Å². The standard InChI is InChI=1S/C14H22ClN3/c1-14(2)10-18(9-13(8-16)17(14)3)12-6-4-5-11(15)7-12/h4-7,13H,8-10,16H2,1-3H3. The van der Waals surface area contributed by atoms with Crippen molar-refractivity contribution in [2.45, 2.75) is 25.4 Å². The van der Waals surface area contributed by atoms with Gasteiger partial charge in [-0.1, -0.05) is 17.7 Å². The molecule has 100 valence electrons. The topological polar surface area (TPSA) is 32.5 Å². The zero-order valence-corrected chi connectivity index (χ0v) is 12.1. The Morgan fingerprint density at radius 2 is 2.17 bits per heavy atom. The van der Waals surface area contributed by atoms with Gasteiger partial charge in [0.1, 0.15) is 0 Å². The third kappa shape index (κ3) is 2.63. The molecule has 0 bridgehead atoms. The van der Waals surface area contributed by atoms with Gasteiger partial charge in [0, 0.05) is 41.9 Å². The first-order chi connectivity index (χ1) is 8.44. The summed E-state index contributed by atoms with van der Waals surface area (Å²) in [7, 11) is 2.16. The quantitative estimate of drug-likeness (QED) is 0.892. The second-order valence-electron chi connectivity index (χ2n) is 5.67. The number of nitrogens with zero attached hydrogens (tertiary/aromatic N) is 2. The molecule has 2 rings (SSSR count). The molecule has 1 fully saturated rings. The van der Waals surface area contributed by atoms with Crippen LogP contribution in [0, 0.1) is 0 Å². The Morgan fingerprint density at radius 1 is 1.44 bits per heavy atom. The van der Waals surface area contributed by atoms with Gasteiger partial charge in [0.15, 0.2) is 0 Å². The van der Waals surface area contributed by atoms with Gasteiger partial charge in [-0.25, -0.2) is 0 Å². The number of anilines is 1. The van der Waals surface area contributed by atoms with Crippen molar-refractivity contribution in [3.05, 3.63) is 29.3 Å². The van der Waals surface area contributed by atoms with Crippen molar-refractivity contribution in [2.75, 3.05) is 31.6 Å². The van der Waals surface area contributed by atoms with Crippen LogP contribution in [0.3, 0.4) is 0 Å². The molecule has 0 radical (unpaired) electrons. The van der Waals surface area contributed by atoms with E-state index < -0.39 is 0 Å². The molecule has 0 amide bonds. The number of benzene rings is 1. The summed E-state index contributed by atoms with van der Waals surface area (Å²) in [5.74, 6) is 0. The molecule has 3 nitrogen and oxygen atoms in total. The van der Waals surface area contributed by atoms with E-state index in [1.165, 1.54) is 5.69 Å². The highest BCUT2D eigenvalue weighted by Gasteiger charge is 2.36. The normalized spacial score (nSPS) is 24.3. The van der Waals surface area contributed by atoms with Crippen LogP contribution in [0.2, 0.25) is 5.02 Å². The summed E-state index contributed by atoms with van der Waals surface area (Å²) in [4.78, 5) is 4.76. The molecule has 0 spiro atoms. The SMILES string of the molecule is CN1C(CN)CN(c2cccc(Cl)c2)CC1(C)C. The van der Waals surface area contributed by atoms with Crippen LogP contribution < -0.4 is 10.6 Å². The highest BCUT2D eigenvalue weighted by Crippen LogP contribution is 2.28. The highest BCUT2D eigenvalue weighted by atomic mass is 35.5. The van der Waals surface area contributed by atoms with Crippen LogP contribution in [0.4, 0.5) is 5.69 Å². The fourth-order valence-corrected chi connectivity index (χ4v) is 2.80. The Balaban J connectivity index is 2.25. The molecule has 2 N–H and O–H groups in total. The lowest BCUT2D eigenvalue weighted by atomic mass is 9.95. The molecule has 1 saturated heterocycles. The number of piperazine rings is 1. The fraction of sp³-hybridized carbons (Fsp3) is 0.571. The molecule has 1 aliphatic heterocycles. The predicted octanol–water partition coefficient (Wildman–Crippen LogP) is 2.20. The second-order valence-corrected chi connectivity index (χ2v) is 6.11. The summed E-state index contributed by atoms with van der Waals surface area (Å²) in [5.41, 5.74) is 7.19. The van der Waals surface area contributed by atoms with Gasteiger partial charge < -0.3 is 10.6 Å². The number of nitrogens with two attached hydrogens (primary N) is 1. The molecule has 1 heterocycles. The number of rotatable bonds is 2. The Kier molecular flexibility index (Phi) is 3.85. The van der Waals surface area contributed by atoms with E-state index in [1.54, 1.807) is 0 Å². The van der Waals surface area contributed by atoms with Crippen LogP contribution in [0.15, 0.2) is 24.3 Å². The smallest absolute Gasteiger partial charge is 0.0426 e. The molecule has 1 aromatic rings. The minimum atomic E-state index is 0.116. The first kappa shape index (κ1) is 13.7. The summed E-state index contributed by atoms with van der Waals surface area (Å²) in [6, 6.07) is 8.43. The van der Waals surface area contributed by atoms with Crippen molar-refractivity contribution in [1.82, 2.24) is 4.90 Å². The minimum Gasteiger partial charge on any atom is -0.368 e. The van der Waals surface area contributed by atoms with Gasteiger partial charge in [-0.3, -0.25) is 4.90 Å². The fourth-order valence-electron chi connectivity index (χ4n) is 2.62. The lowest BCUT2D eigenvalue weighted by Crippen LogP contribution is -2.64. The zero-order chi connectivity index (χ0) is 13.3. The van der Waals surface area contributed by atoms with Gasteiger partial charge in [-0.15, -0.1) is 0 Å². The zero-order valence-electron chi connectivity index (χ0n) is 11.4. The molecule has 1 unspecified atom stereocenters. The van der Waals surface area contributed by atoms with Crippen molar-refractivity contribution in [2.24, 2.45) is 5.73 Å². The molecule has 1 atom stereocenters. The van der Waals surface area contributed by atoms with Crippen LogP contribution in [-0.4, -0.2) is 43.2 Å². The lowest BCUT2D eigenvalue weighted by molar-refractivity contribution is 0.0846. The van der Waals surface area contributed by atoms with Crippen molar-refractivity contribution < 1.29 is 0 Å². The van der Waals surface area contributed by atoms with E-state index in [0.29, 0.717) is 12.6 Å². The molecule has 1 aromatic carbocycles. The maximum atomic E-state index is 6.07. The van der Waals surface area contributed by atoms with Gasteiger partial charge in [-0.05, 0) is 39.1 Å². The minimum absolute atomic E-state index is 0.116. The third-order valence-corrected chi connectivity index (χ3v) is 4.19. The molecule has 0 saturated carbocycles. The Labute approximate surface area is 115 Å². The Morgan fingerprint density at radius 3 is 2.78 bits per heavy atom. The summed E-state index contributed by atoms with van der Waals surface area (Å²) >= 11 is 6.07. The van der Waals surface area contributed by atoms with E-state index in [2.05, 4.69) is 36.8 Å². The van der Waals surface area contributed by atoms with Crippen LogP contribution in [0.1, 0.15) is 13.8 Å². The first-order valence-corrected chi connectivity index (χ1v) is 6.75. The molecule has 18 heavy (non-hydrogen) atoms. The lowest BCUT2D eigenvalue weighted by Gasteiger charge is -2.50. The number of hydrogen-bond donors (Lipinski definition) is 1. The second kappa shape index (κ2) is 5.08. The monoisotopic (exact) mass is 267 g/mol. The van der Waals surface area contributed by atoms with Crippen molar-refractivity contribution in [3.63, 3.8) is 0 Å². The summed E-state index contributed by atoms with van der Waals surface area (Å²) in [6.07, 6.45) is 0. The van der Waals surface area contributed by atoms with E-state index in [9.17, 15) is 0 Å². The van der Waals surface area contributed by atoms with Crippen molar-refractivity contribution >= 4 is 17.3 Å². The van der Waals surface area contributed by atoms with Gasteiger partial charge in [-0.2, -0.15) is 0 Å². The highest BCUT2D eigenvalue weighted by molar-refractivity contribution is 6.30.